The molecule has 0 spiro atoms. The average Bonchev–Trinajstić information content (AvgIpc) is 3.06. The van der Waals surface area contributed by atoms with Gasteiger partial charge in [0, 0.05) is 12.6 Å². The predicted octanol–water partition coefficient (Wildman–Crippen LogP) is 2.03. The molecular weight excluding hydrogens is 257 g/mol. The minimum absolute atomic E-state index is 0.106. The molecule has 1 saturated carbocycles. The highest BCUT2D eigenvalue weighted by Gasteiger charge is 2.43. The maximum absolute atomic E-state index is 12.7. The Morgan fingerprint density at radius 3 is 2.42 bits per heavy atom. The zero-order valence-corrected chi connectivity index (χ0v) is 11.3. The molecule has 1 N–H and O–H groups in total. The van der Waals surface area contributed by atoms with Crippen molar-refractivity contribution < 1.29 is 18.0 Å². The molecule has 1 heterocycles. The molecule has 0 radical (unpaired) electrons. The van der Waals surface area contributed by atoms with Crippen LogP contribution in [0.3, 0.4) is 0 Å². The number of nitrogens with one attached hydrogen (secondary N) is 1. The van der Waals surface area contributed by atoms with Gasteiger partial charge in [-0.15, -0.1) is 0 Å². The summed E-state index contributed by atoms with van der Waals surface area (Å²) in [7, 11) is 0. The van der Waals surface area contributed by atoms with Crippen molar-refractivity contribution in [2.24, 2.45) is 17.8 Å². The standard InChI is InChI=1S/C13H21F3N2O/c1-8-5-17-6-11(8)12(19)18(7-13(14,15)16)9(2)10-3-4-10/h8-11,17H,3-7H2,1-2H3. The van der Waals surface area contributed by atoms with Crippen molar-refractivity contribution in [3.05, 3.63) is 0 Å². The van der Waals surface area contributed by atoms with Crippen LogP contribution < -0.4 is 5.32 Å². The van der Waals surface area contributed by atoms with Crippen LogP contribution >= 0.6 is 0 Å². The van der Waals surface area contributed by atoms with Crippen LogP contribution in [0, 0.1) is 17.8 Å². The summed E-state index contributed by atoms with van der Waals surface area (Å²) in [6.07, 6.45) is -2.46. The molecule has 1 aliphatic carbocycles. The molecular formula is C13H21F3N2O. The summed E-state index contributed by atoms with van der Waals surface area (Å²) in [6, 6.07) is -0.304. The maximum Gasteiger partial charge on any atom is 0.406 e. The minimum Gasteiger partial charge on any atom is -0.330 e. The molecule has 0 aromatic heterocycles. The van der Waals surface area contributed by atoms with Crippen molar-refractivity contribution >= 4 is 5.91 Å². The van der Waals surface area contributed by atoms with Crippen LogP contribution in [0.4, 0.5) is 13.2 Å². The first kappa shape index (κ1) is 14.6. The van der Waals surface area contributed by atoms with Gasteiger partial charge in [0.25, 0.3) is 0 Å². The van der Waals surface area contributed by atoms with Crippen LogP contribution in [0.15, 0.2) is 0 Å². The number of nitrogens with zero attached hydrogens (tertiary/aromatic N) is 1. The molecule has 1 aliphatic heterocycles. The van der Waals surface area contributed by atoms with E-state index < -0.39 is 12.7 Å². The molecule has 0 aromatic carbocycles. The summed E-state index contributed by atoms with van der Waals surface area (Å²) in [5.74, 6) is -0.302. The zero-order valence-electron chi connectivity index (χ0n) is 11.3. The van der Waals surface area contributed by atoms with Gasteiger partial charge in [0.1, 0.15) is 6.54 Å². The zero-order chi connectivity index (χ0) is 14.2. The van der Waals surface area contributed by atoms with Crippen LogP contribution in [-0.4, -0.2) is 42.7 Å². The second-order valence-corrected chi connectivity index (χ2v) is 5.90. The molecule has 1 saturated heterocycles. The van der Waals surface area contributed by atoms with Crippen molar-refractivity contribution in [3.8, 4) is 0 Å². The Labute approximate surface area is 111 Å². The maximum atomic E-state index is 12.7. The third-order valence-electron chi connectivity index (χ3n) is 4.26. The van der Waals surface area contributed by atoms with E-state index >= 15 is 0 Å². The summed E-state index contributed by atoms with van der Waals surface area (Å²) in [4.78, 5) is 13.5. The monoisotopic (exact) mass is 278 g/mol. The van der Waals surface area contributed by atoms with E-state index in [-0.39, 0.29) is 29.7 Å². The lowest BCUT2D eigenvalue weighted by Gasteiger charge is -2.33. The normalized spacial score (nSPS) is 29.3. The topological polar surface area (TPSA) is 32.3 Å². The summed E-state index contributed by atoms with van der Waals surface area (Å²) < 4.78 is 38.1. The number of hydrogen-bond donors (Lipinski definition) is 1. The Bertz CT molecular complexity index is 341. The van der Waals surface area contributed by atoms with Gasteiger partial charge in [-0.05, 0) is 38.1 Å². The van der Waals surface area contributed by atoms with Crippen LogP contribution in [-0.2, 0) is 4.79 Å². The number of amides is 1. The third kappa shape index (κ3) is 3.61. The van der Waals surface area contributed by atoms with E-state index in [1.54, 1.807) is 6.92 Å². The first-order chi connectivity index (χ1) is 8.79. The van der Waals surface area contributed by atoms with E-state index in [0.29, 0.717) is 13.1 Å². The Morgan fingerprint density at radius 1 is 1.37 bits per heavy atom. The van der Waals surface area contributed by atoms with Gasteiger partial charge < -0.3 is 10.2 Å². The largest absolute Gasteiger partial charge is 0.406 e. The van der Waals surface area contributed by atoms with Gasteiger partial charge in [0.15, 0.2) is 0 Å². The summed E-state index contributed by atoms with van der Waals surface area (Å²) in [5.41, 5.74) is 0. The fraction of sp³-hybridized carbons (Fsp3) is 0.923. The van der Waals surface area contributed by atoms with Crippen molar-refractivity contribution in [3.63, 3.8) is 0 Å². The molecule has 2 fully saturated rings. The van der Waals surface area contributed by atoms with Gasteiger partial charge in [-0.3, -0.25) is 4.79 Å². The molecule has 0 bridgehead atoms. The lowest BCUT2D eigenvalue weighted by Crippen LogP contribution is -2.49. The van der Waals surface area contributed by atoms with Crippen molar-refractivity contribution in [2.75, 3.05) is 19.6 Å². The molecule has 0 aromatic rings. The highest BCUT2D eigenvalue weighted by molar-refractivity contribution is 5.80. The van der Waals surface area contributed by atoms with Crippen LogP contribution in [0.1, 0.15) is 26.7 Å². The molecule has 110 valence electrons. The second kappa shape index (κ2) is 5.31. The van der Waals surface area contributed by atoms with Gasteiger partial charge >= 0.3 is 6.18 Å². The minimum atomic E-state index is -4.33. The summed E-state index contributed by atoms with van der Waals surface area (Å²) in [5, 5.41) is 3.08. The molecule has 2 aliphatic rings. The van der Waals surface area contributed by atoms with Gasteiger partial charge in [-0.2, -0.15) is 13.2 Å². The van der Waals surface area contributed by atoms with Gasteiger partial charge in [-0.25, -0.2) is 0 Å². The van der Waals surface area contributed by atoms with Gasteiger partial charge in [0.2, 0.25) is 5.91 Å². The van der Waals surface area contributed by atoms with E-state index in [2.05, 4.69) is 5.32 Å². The highest BCUT2D eigenvalue weighted by atomic mass is 19.4. The Morgan fingerprint density at radius 2 is 2.00 bits per heavy atom. The number of carbonyl (C=O) groups is 1. The first-order valence-corrected chi connectivity index (χ1v) is 6.87. The quantitative estimate of drug-likeness (QED) is 0.853. The Kier molecular flexibility index (Phi) is 4.08. The number of alkyl halides is 3. The van der Waals surface area contributed by atoms with Gasteiger partial charge in [-0.1, -0.05) is 6.92 Å². The SMILES string of the molecule is CC1CNCC1C(=O)N(CC(F)(F)F)C(C)C1CC1. The second-order valence-electron chi connectivity index (χ2n) is 5.90. The molecule has 3 nitrogen and oxygen atoms in total. The first-order valence-electron chi connectivity index (χ1n) is 6.87. The van der Waals surface area contributed by atoms with E-state index in [4.69, 9.17) is 0 Å². The number of carbonyl (C=O) groups excluding carboxylic acids is 1. The molecule has 3 atom stereocenters. The molecule has 19 heavy (non-hydrogen) atoms. The molecule has 6 heteroatoms. The fourth-order valence-corrected chi connectivity index (χ4v) is 2.80. The Hall–Kier alpha value is -0.780. The van der Waals surface area contributed by atoms with E-state index in [1.807, 2.05) is 6.92 Å². The lowest BCUT2D eigenvalue weighted by molar-refractivity contribution is -0.168. The summed E-state index contributed by atoms with van der Waals surface area (Å²) in [6.45, 7) is 3.73. The van der Waals surface area contributed by atoms with E-state index in [9.17, 15) is 18.0 Å². The predicted molar refractivity (Wildman–Crippen MR) is 65.5 cm³/mol. The third-order valence-corrected chi connectivity index (χ3v) is 4.26. The van der Waals surface area contributed by atoms with Gasteiger partial charge in [0.05, 0.1) is 5.92 Å². The van der Waals surface area contributed by atoms with Crippen LogP contribution in [0.2, 0.25) is 0 Å². The van der Waals surface area contributed by atoms with E-state index in [1.165, 1.54) is 0 Å². The van der Waals surface area contributed by atoms with Crippen molar-refractivity contribution in [1.82, 2.24) is 10.2 Å². The number of halogens is 3. The molecule has 1 amide bonds. The number of hydrogen-bond acceptors (Lipinski definition) is 2. The smallest absolute Gasteiger partial charge is 0.330 e. The average molecular weight is 278 g/mol. The van der Waals surface area contributed by atoms with Crippen LogP contribution in [0.5, 0.6) is 0 Å². The van der Waals surface area contributed by atoms with Crippen molar-refractivity contribution in [1.29, 1.82) is 0 Å². The fourth-order valence-electron chi connectivity index (χ4n) is 2.80. The molecule has 3 unspecified atom stereocenters. The number of rotatable bonds is 4. The van der Waals surface area contributed by atoms with E-state index in [0.717, 1.165) is 17.7 Å². The van der Waals surface area contributed by atoms with Crippen molar-refractivity contribution in [2.45, 2.75) is 38.9 Å². The lowest BCUT2D eigenvalue weighted by atomic mass is 9.95. The summed E-state index contributed by atoms with van der Waals surface area (Å²) >= 11 is 0. The Balaban J connectivity index is 2.09. The van der Waals surface area contributed by atoms with Crippen LogP contribution in [0.25, 0.3) is 0 Å². The molecule has 2 rings (SSSR count). The highest BCUT2D eigenvalue weighted by Crippen LogP contribution is 2.37.